The van der Waals surface area contributed by atoms with Crippen LogP contribution in [0.4, 0.5) is 14.5 Å². The average Bonchev–Trinajstić information content (AvgIpc) is 2.32. The lowest BCUT2D eigenvalue weighted by atomic mass is 10.2. The Balaban J connectivity index is 2.21. The maximum atomic E-state index is 13.1. The lowest BCUT2D eigenvalue weighted by Gasteiger charge is -2.12. The highest BCUT2D eigenvalue weighted by molar-refractivity contribution is 9.10. The standard InChI is InChI=1S/C13H9Br2F2NO/c14-10-2-1-8(16)3-7(10)6-19-13-11(15)4-9(17)5-12(13)18/h1-5H,6,18H2. The summed E-state index contributed by atoms with van der Waals surface area (Å²) in [6.07, 6.45) is 0. The summed E-state index contributed by atoms with van der Waals surface area (Å²) in [6.45, 7) is 0.118. The van der Waals surface area contributed by atoms with Crippen molar-refractivity contribution in [1.29, 1.82) is 0 Å². The smallest absolute Gasteiger partial charge is 0.157 e. The molecule has 0 aliphatic heterocycles. The molecule has 0 aliphatic rings. The molecule has 19 heavy (non-hydrogen) atoms. The first-order valence-electron chi connectivity index (χ1n) is 5.28. The van der Waals surface area contributed by atoms with Crippen molar-refractivity contribution in [2.75, 3.05) is 5.73 Å². The first kappa shape index (κ1) is 14.3. The zero-order valence-electron chi connectivity index (χ0n) is 9.59. The number of hydrogen-bond acceptors (Lipinski definition) is 2. The van der Waals surface area contributed by atoms with Crippen LogP contribution in [0.3, 0.4) is 0 Å². The SMILES string of the molecule is Nc1cc(F)cc(Br)c1OCc1cc(F)ccc1Br. The van der Waals surface area contributed by atoms with E-state index in [0.29, 0.717) is 15.8 Å². The first-order valence-corrected chi connectivity index (χ1v) is 6.87. The fraction of sp³-hybridized carbons (Fsp3) is 0.0769. The Bertz CT molecular complexity index is 597. The number of hydrogen-bond donors (Lipinski definition) is 1. The van der Waals surface area contributed by atoms with E-state index in [4.69, 9.17) is 10.5 Å². The molecule has 0 atom stereocenters. The molecule has 0 fully saturated rings. The second-order valence-corrected chi connectivity index (χ2v) is 5.54. The summed E-state index contributed by atoms with van der Waals surface area (Å²) in [5.41, 5.74) is 6.49. The molecule has 0 saturated heterocycles. The molecule has 0 aromatic heterocycles. The second-order valence-electron chi connectivity index (χ2n) is 3.83. The summed E-state index contributed by atoms with van der Waals surface area (Å²) in [5.74, 6) is -0.478. The van der Waals surface area contributed by atoms with E-state index in [2.05, 4.69) is 31.9 Å². The van der Waals surface area contributed by atoms with Gasteiger partial charge in [0.1, 0.15) is 18.2 Å². The zero-order chi connectivity index (χ0) is 14.0. The summed E-state index contributed by atoms with van der Waals surface area (Å²) >= 11 is 6.48. The number of anilines is 1. The number of ether oxygens (including phenoxy) is 1. The van der Waals surface area contributed by atoms with Crippen LogP contribution in [-0.4, -0.2) is 0 Å². The highest BCUT2D eigenvalue weighted by Gasteiger charge is 2.10. The summed E-state index contributed by atoms with van der Waals surface area (Å²) in [4.78, 5) is 0. The lowest BCUT2D eigenvalue weighted by molar-refractivity contribution is 0.304. The van der Waals surface area contributed by atoms with E-state index in [1.807, 2.05) is 0 Å². The molecule has 2 aromatic carbocycles. The second kappa shape index (κ2) is 5.88. The van der Waals surface area contributed by atoms with Gasteiger partial charge in [0.2, 0.25) is 0 Å². The summed E-state index contributed by atoms with van der Waals surface area (Å²) < 4.78 is 32.8. The maximum Gasteiger partial charge on any atom is 0.157 e. The molecular weight excluding hydrogens is 384 g/mol. The highest BCUT2D eigenvalue weighted by Crippen LogP contribution is 2.33. The van der Waals surface area contributed by atoms with Gasteiger partial charge in [0.15, 0.2) is 5.75 Å². The molecule has 0 unspecified atom stereocenters. The van der Waals surface area contributed by atoms with Crippen LogP contribution in [0.15, 0.2) is 39.3 Å². The summed E-state index contributed by atoms with van der Waals surface area (Å²) in [6, 6.07) is 6.72. The summed E-state index contributed by atoms with van der Waals surface area (Å²) in [5, 5.41) is 0. The Hall–Kier alpha value is -1.14. The van der Waals surface area contributed by atoms with E-state index in [1.165, 1.54) is 24.3 Å². The van der Waals surface area contributed by atoms with Crippen LogP contribution in [0.1, 0.15) is 5.56 Å². The van der Waals surface area contributed by atoms with Crippen LogP contribution < -0.4 is 10.5 Å². The van der Waals surface area contributed by atoms with Crippen molar-refractivity contribution >= 4 is 37.5 Å². The number of benzene rings is 2. The van der Waals surface area contributed by atoms with Crippen LogP contribution in [0.5, 0.6) is 5.75 Å². The molecule has 2 aromatic rings. The minimum atomic E-state index is -0.455. The molecule has 0 heterocycles. The Kier molecular flexibility index (Phi) is 4.42. The fourth-order valence-corrected chi connectivity index (χ4v) is 2.46. The predicted octanol–water partition coefficient (Wildman–Crippen LogP) is 4.65. The van der Waals surface area contributed by atoms with Gasteiger partial charge in [-0.15, -0.1) is 0 Å². The third kappa shape index (κ3) is 3.45. The number of rotatable bonds is 3. The zero-order valence-corrected chi connectivity index (χ0v) is 12.8. The molecule has 2 rings (SSSR count). The van der Waals surface area contributed by atoms with Gasteiger partial charge in [0.25, 0.3) is 0 Å². The maximum absolute atomic E-state index is 13.1. The first-order chi connectivity index (χ1) is 8.97. The predicted molar refractivity (Wildman–Crippen MR) is 76.9 cm³/mol. The molecule has 6 heteroatoms. The topological polar surface area (TPSA) is 35.2 Å². The molecule has 100 valence electrons. The van der Waals surface area contributed by atoms with Gasteiger partial charge >= 0.3 is 0 Å². The van der Waals surface area contributed by atoms with Gasteiger partial charge in [-0.25, -0.2) is 8.78 Å². The van der Waals surface area contributed by atoms with E-state index in [0.717, 1.165) is 4.47 Å². The third-order valence-corrected chi connectivity index (χ3v) is 3.78. The quantitative estimate of drug-likeness (QED) is 0.771. The van der Waals surface area contributed by atoms with Gasteiger partial charge < -0.3 is 10.5 Å². The third-order valence-electron chi connectivity index (χ3n) is 2.42. The van der Waals surface area contributed by atoms with Crippen molar-refractivity contribution in [2.24, 2.45) is 0 Å². The van der Waals surface area contributed by atoms with Gasteiger partial charge in [-0.1, -0.05) is 15.9 Å². The molecule has 0 saturated carbocycles. The number of halogens is 4. The van der Waals surface area contributed by atoms with E-state index in [-0.39, 0.29) is 18.1 Å². The molecule has 0 spiro atoms. The van der Waals surface area contributed by atoms with Crippen LogP contribution in [0.2, 0.25) is 0 Å². The molecule has 0 amide bonds. The Morgan fingerprint density at radius 2 is 1.74 bits per heavy atom. The van der Waals surface area contributed by atoms with Gasteiger partial charge in [0.05, 0.1) is 10.2 Å². The number of nitrogen functional groups attached to an aromatic ring is 1. The highest BCUT2D eigenvalue weighted by atomic mass is 79.9. The minimum absolute atomic E-state index is 0.118. The fourth-order valence-electron chi connectivity index (χ4n) is 1.54. The monoisotopic (exact) mass is 391 g/mol. The molecule has 0 bridgehead atoms. The van der Waals surface area contributed by atoms with Crippen LogP contribution >= 0.6 is 31.9 Å². The van der Waals surface area contributed by atoms with Gasteiger partial charge in [0, 0.05) is 16.1 Å². The van der Waals surface area contributed by atoms with Gasteiger partial charge in [-0.3, -0.25) is 0 Å². The van der Waals surface area contributed by atoms with Gasteiger partial charge in [-0.05, 0) is 40.2 Å². The van der Waals surface area contributed by atoms with Crippen molar-refractivity contribution in [3.05, 3.63) is 56.5 Å². The molecule has 0 aliphatic carbocycles. The Labute approximate surface area is 125 Å². The lowest BCUT2D eigenvalue weighted by Crippen LogP contribution is -2.01. The normalized spacial score (nSPS) is 10.5. The molecule has 2 nitrogen and oxygen atoms in total. The van der Waals surface area contributed by atoms with E-state index in [9.17, 15) is 8.78 Å². The van der Waals surface area contributed by atoms with Crippen molar-refractivity contribution in [3.8, 4) is 5.75 Å². The van der Waals surface area contributed by atoms with E-state index >= 15 is 0 Å². The Morgan fingerprint density at radius 3 is 2.42 bits per heavy atom. The van der Waals surface area contributed by atoms with Crippen LogP contribution in [0.25, 0.3) is 0 Å². The average molecular weight is 393 g/mol. The van der Waals surface area contributed by atoms with Crippen molar-refractivity contribution in [1.82, 2.24) is 0 Å². The van der Waals surface area contributed by atoms with Crippen molar-refractivity contribution in [3.63, 3.8) is 0 Å². The molecular formula is C13H9Br2F2NO. The largest absolute Gasteiger partial charge is 0.486 e. The molecule has 0 radical (unpaired) electrons. The van der Waals surface area contributed by atoms with Crippen molar-refractivity contribution in [2.45, 2.75) is 6.61 Å². The summed E-state index contributed by atoms with van der Waals surface area (Å²) in [7, 11) is 0. The van der Waals surface area contributed by atoms with E-state index in [1.54, 1.807) is 6.07 Å². The minimum Gasteiger partial charge on any atom is -0.486 e. The van der Waals surface area contributed by atoms with E-state index < -0.39 is 5.82 Å². The molecule has 2 N–H and O–H groups in total. The number of nitrogens with two attached hydrogens (primary N) is 1. The van der Waals surface area contributed by atoms with Gasteiger partial charge in [-0.2, -0.15) is 0 Å². The van der Waals surface area contributed by atoms with Crippen molar-refractivity contribution < 1.29 is 13.5 Å². The Morgan fingerprint density at radius 1 is 1.00 bits per heavy atom. The van der Waals surface area contributed by atoms with Crippen LogP contribution in [-0.2, 0) is 6.61 Å². The van der Waals surface area contributed by atoms with Crippen LogP contribution in [0, 0.1) is 11.6 Å².